The number of halogens is 2. The van der Waals surface area contributed by atoms with Gasteiger partial charge in [-0.2, -0.15) is 0 Å². The summed E-state index contributed by atoms with van der Waals surface area (Å²) in [5.74, 6) is 0. The van der Waals surface area contributed by atoms with Crippen LogP contribution in [0.5, 0.6) is 0 Å². The molecule has 10 heteroatoms. The Balaban J connectivity index is 2.01. The maximum atomic E-state index is 12.7. The van der Waals surface area contributed by atoms with Gasteiger partial charge in [-0.15, -0.1) is 4.20 Å². The van der Waals surface area contributed by atoms with Gasteiger partial charge in [0.25, 0.3) is 0 Å². The molecule has 0 atom stereocenters. The Morgan fingerprint density at radius 3 is 1.87 bits per heavy atom. The summed E-state index contributed by atoms with van der Waals surface area (Å²) in [6.45, 7) is -3.97. The van der Waals surface area contributed by atoms with Crippen LogP contribution >= 0.6 is 26.1 Å². The summed E-state index contributed by atoms with van der Waals surface area (Å²) in [7, 11) is -4.42. The van der Waals surface area contributed by atoms with Crippen molar-refractivity contribution in [3.05, 3.63) is 0 Å². The Labute approximate surface area is 90.0 Å². The monoisotopic (exact) mass is 280 g/mol. The van der Waals surface area contributed by atoms with E-state index in [1.165, 1.54) is 0 Å². The summed E-state index contributed by atoms with van der Waals surface area (Å²) >= 11 is 5.33. The zero-order valence-corrected chi connectivity index (χ0v) is 9.97. The second kappa shape index (κ2) is 3.77. The molecule has 1 spiro atoms. The molecule has 0 radical (unpaired) electrons. The molecule has 0 aromatic carbocycles. The largest absolute Gasteiger partial charge is 0.513 e. The predicted molar refractivity (Wildman–Crippen MR) is 48.4 cm³/mol. The first kappa shape index (κ1) is 12.0. The van der Waals surface area contributed by atoms with Gasteiger partial charge in [0.1, 0.15) is 0 Å². The molecule has 0 N–H and O–H groups in total. The first-order chi connectivity index (χ1) is 6.83. The molecule has 2 heterocycles. The fourth-order valence-corrected chi connectivity index (χ4v) is 3.33. The van der Waals surface area contributed by atoms with Gasteiger partial charge in [-0.1, -0.05) is 0 Å². The number of rotatable bonds is 0. The average Bonchev–Trinajstić information content (AvgIpc) is 2.15. The van der Waals surface area contributed by atoms with Crippen LogP contribution in [-0.2, 0) is 27.2 Å². The predicted octanol–water partition coefficient (Wildman–Crippen LogP) is 2.49. The summed E-state index contributed by atoms with van der Waals surface area (Å²) < 4.78 is 52.8. The standard InChI is InChI=1S/C5H8ClFO6P2/c6-14(8)10-1-5(2-11-14)3-12-15(7,9)13-4-5/h1-4H2. The van der Waals surface area contributed by atoms with Gasteiger partial charge in [0.2, 0.25) is 0 Å². The molecular formula is C5H8ClFO6P2. The molecule has 0 aromatic rings. The van der Waals surface area contributed by atoms with Crippen molar-refractivity contribution in [3.8, 4) is 0 Å². The number of hydrogen-bond acceptors (Lipinski definition) is 6. The summed E-state index contributed by atoms with van der Waals surface area (Å²) in [5.41, 5.74) is -0.789. The van der Waals surface area contributed by atoms with Crippen LogP contribution in [0.4, 0.5) is 4.20 Å². The fourth-order valence-electron chi connectivity index (χ4n) is 1.18. The lowest BCUT2D eigenvalue weighted by atomic mass is 9.93. The van der Waals surface area contributed by atoms with E-state index in [-0.39, 0.29) is 26.4 Å². The molecule has 0 amide bonds. The minimum absolute atomic E-state index is 0.0478. The highest BCUT2D eigenvalue weighted by atomic mass is 35.7. The molecule has 2 aliphatic heterocycles. The third kappa shape index (κ3) is 2.80. The van der Waals surface area contributed by atoms with Crippen LogP contribution in [0.3, 0.4) is 0 Å². The molecular weight excluding hydrogens is 272 g/mol. The number of hydrogen-bond donors (Lipinski definition) is 0. The molecule has 0 aliphatic carbocycles. The lowest BCUT2D eigenvalue weighted by Gasteiger charge is -2.39. The van der Waals surface area contributed by atoms with E-state index in [0.29, 0.717) is 0 Å². The van der Waals surface area contributed by atoms with Gasteiger partial charge in [-0.25, -0.2) is 9.13 Å². The molecule has 0 aromatic heterocycles. The zero-order chi connectivity index (χ0) is 11.2. The highest BCUT2D eigenvalue weighted by Gasteiger charge is 2.48. The molecule has 15 heavy (non-hydrogen) atoms. The molecule has 2 aliphatic rings. The zero-order valence-electron chi connectivity index (χ0n) is 7.43. The van der Waals surface area contributed by atoms with E-state index in [2.05, 4.69) is 9.05 Å². The highest BCUT2D eigenvalue weighted by molar-refractivity contribution is 7.81. The van der Waals surface area contributed by atoms with Crippen molar-refractivity contribution in [1.29, 1.82) is 0 Å². The fraction of sp³-hybridized carbons (Fsp3) is 1.00. The van der Waals surface area contributed by atoms with Gasteiger partial charge in [-0.3, -0.25) is 18.1 Å². The Morgan fingerprint density at radius 2 is 1.40 bits per heavy atom. The Bertz CT molecular complexity index is 300. The molecule has 2 fully saturated rings. The third-order valence-corrected chi connectivity index (χ3v) is 4.44. The van der Waals surface area contributed by atoms with Crippen molar-refractivity contribution in [2.45, 2.75) is 0 Å². The summed E-state index contributed by atoms with van der Waals surface area (Å²) in [5, 5.41) is 0. The summed E-state index contributed by atoms with van der Waals surface area (Å²) in [6, 6.07) is 0. The van der Waals surface area contributed by atoms with Crippen LogP contribution in [0.25, 0.3) is 0 Å². The maximum absolute atomic E-state index is 12.7. The lowest BCUT2D eigenvalue weighted by Crippen LogP contribution is -2.44. The van der Waals surface area contributed by atoms with Gasteiger partial charge in [0.15, 0.2) is 0 Å². The van der Waals surface area contributed by atoms with E-state index in [9.17, 15) is 13.3 Å². The molecule has 2 rings (SSSR count). The highest BCUT2D eigenvalue weighted by Crippen LogP contribution is 2.61. The lowest BCUT2D eigenvalue weighted by molar-refractivity contribution is -0.0715. The molecule has 0 saturated carbocycles. The average molecular weight is 281 g/mol. The van der Waals surface area contributed by atoms with Crippen LogP contribution in [-0.4, -0.2) is 26.4 Å². The molecule has 6 nitrogen and oxygen atoms in total. The van der Waals surface area contributed by atoms with Crippen molar-refractivity contribution in [3.63, 3.8) is 0 Å². The maximum Gasteiger partial charge on any atom is 0.513 e. The van der Waals surface area contributed by atoms with E-state index >= 15 is 0 Å². The van der Waals surface area contributed by atoms with E-state index in [1.54, 1.807) is 0 Å². The van der Waals surface area contributed by atoms with Crippen LogP contribution in [0, 0.1) is 5.41 Å². The van der Waals surface area contributed by atoms with Crippen molar-refractivity contribution in [2.75, 3.05) is 26.4 Å². The van der Waals surface area contributed by atoms with E-state index in [0.717, 1.165) is 0 Å². The second-order valence-electron chi connectivity index (χ2n) is 3.46. The van der Waals surface area contributed by atoms with Gasteiger partial charge in [-0.05, 0) is 0 Å². The topological polar surface area (TPSA) is 71.1 Å². The van der Waals surface area contributed by atoms with Gasteiger partial charge >= 0.3 is 14.9 Å². The van der Waals surface area contributed by atoms with E-state index < -0.39 is 20.3 Å². The second-order valence-corrected chi connectivity index (χ2v) is 7.45. The molecule has 0 bridgehead atoms. The normalized spacial score (nSPS) is 51.9. The summed E-state index contributed by atoms with van der Waals surface area (Å²) in [6.07, 6.45) is 0. The van der Waals surface area contributed by atoms with Crippen molar-refractivity contribution in [1.82, 2.24) is 0 Å². The summed E-state index contributed by atoms with van der Waals surface area (Å²) in [4.78, 5) is 0. The van der Waals surface area contributed by atoms with Crippen LogP contribution < -0.4 is 0 Å². The molecule has 88 valence electrons. The van der Waals surface area contributed by atoms with Crippen molar-refractivity contribution in [2.24, 2.45) is 5.41 Å². The third-order valence-electron chi connectivity index (χ3n) is 2.10. The Kier molecular flexibility index (Phi) is 3.02. The van der Waals surface area contributed by atoms with Crippen molar-refractivity contribution < 1.29 is 31.4 Å². The molecule has 0 unspecified atom stereocenters. The van der Waals surface area contributed by atoms with Crippen LogP contribution in [0.2, 0.25) is 0 Å². The van der Waals surface area contributed by atoms with Gasteiger partial charge in [0.05, 0.1) is 31.8 Å². The van der Waals surface area contributed by atoms with E-state index in [1.807, 2.05) is 0 Å². The minimum atomic E-state index is -4.42. The Hall–Kier alpha value is 0.520. The van der Waals surface area contributed by atoms with Gasteiger partial charge in [0, 0.05) is 11.2 Å². The first-order valence-corrected chi connectivity index (χ1v) is 7.88. The van der Waals surface area contributed by atoms with Crippen LogP contribution in [0.1, 0.15) is 0 Å². The SMILES string of the molecule is O=P1(F)OCC2(CO1)COP(=O)(Cl)OC2. The van der Waals surface area contributed by atoms with Crippen molar-refractivity contribution >= 4 is 26.1 Å². The van der Waals surface area contributed by atoms with Crippen LogP contribution in [0.15, 0.2) is 0 Å². The quantitative estimate of drug-likeness (QED) is 0.635. The first-order valence-electron chi connectivity index (χ1n) is 4.00. The van der Waals surface area contributed by atoms with Gasteiger partial charge < -0.3 is 0 Å². The van der Waals surface area contributed by atoms with E-state index in [4.69, 9.17) is 20.3 Å². The molecule has 2 saturated heterocycles. The Morgan fingerprint density at radius 1 is 1.00 bits per heavy atom. The smallest absolute Gasteiger partial charge is 0.296 e. The minimum Gasteiger partial charge on any atom is -0.296 e.